The predicted molar refractivity (Wildman–Crippen MR) is 101 cm³/mol. The molecule has 0 N–H and O–H groups in total. The Labute approximate surface area is 142 Å². The van der Waals surface area contributed by atoms with Gasteiger partial charge in [-0.1, -0.05) is 91.0 Å². The molecule has 0 saturated carbocycles. The molecular formula is C24H18. The lowest BCUT2D eigenvalue weighted by molar-refractivity contribution is 0.833. The molecule has 24 heavy (non-hydrogen) atoms. The lowest BCUT2D eigenvalue weighted by atomic mass is 9.87. The Morgan fingerprint density at radius 3 is 2.25 bits per heavy atom. The minimum atomic E-state index is 0.435. The number of fused-ring (bicyclic) bond motifs is 5. The molecule has 1 atom stereocenters. The zero-order chi connectivity index (χ0) is 15.9. The van der Waals surface area contributed by atoms with Gasteiger partial charge in [-0.25, -0.2) is 0 Å². The molecule has 1 aliphatic carbocycles. The largest absolute Gasteiger partial charge is 0.0622 e. The molecule has 4 aromatic rings. The Hall–Kier alpha value is -2.86. The maximum Gasteiger partial charge on any atom is 0.0148 e. The highest BCUT2D eigenvalue weighted by atomic mass is 14.3. The summed E-state index contributed by atoms with van der Waals surface area (Å²) in [5, 5.41) is 2.73. The molecule has 1 unspecified atom stereocenters. The molecular weight excluding hydrogens is 288 g/mol. The van der Waals surface area contributed by atoms with Crippen molar-refractivity contribution < 1.29 is 0 Å². The molecule has 0 nitrogen and oxygen atoms in total. The number of hydrogen-bond donors (Lipinski definition) is 0. The van der Waals surface area contributed by atoms with E-state index in [1.54, 1.807) is 0 Å². The fourth-order valence-corrected chi connectivity index (χ4v) is 4.17. The number of benzene rings is 4. The van der Waals surface area contributed by atoms with Gasteiger partial charge in [0, 0.05) is 5.92 Å². The van der Waals surface area contributed by atoms with E-state index in [1.165, 1.54) is 38.6 Å². The van der Waals surface area contributed by atoms with Crippen LogP contribution in [0.2, 0.25) is 0 Å². The van der Waals surface area contributed by atoms with E-state index in [9.17, 15) is 0 Å². The van der Waals surface area contributed by atoms with E-state index in [-0.39, 0.29) is 0 Å². The molecule has 0 amide bonds. The normalized spacial score (nSPS) is 15.2. The van der Waals surface area contributed by atoms with E-state index in [0.717, 1.165) is 6.42 Å². The molecule has 0 bridgehead atoms. The summed E-state index contributed by atoms with van der Waals surface area (Å²) in [5.41, 5.74) is 7.17. The smallest absolute Gasteiger partial charge is 0.0148 e. The molecule has 0 spiro atoms. The van der Waals surface area contributed by atoms with Gasteiger partial charge in [-0.3, -0.25) is 0 Å². The van der Waals surface area contributed by atoms with Crippen molar-refractivity contribution in [1.82, 2.24) is 0 Å². The van der Waals surface area contributed by atoms with Crippen LogP contribution in [0.5, 0.6) is 0 Å². The monoisotopic (exact) mass is 306 g/mol. The average Bonchev–Trinajstić information content (AvgIpc) is 2.97. The third-order valence-corrected chi connectivity index (χ3v) is 5.23. The van der Waals surface area contributed by atoms with Crippen LogP contribution >= 0.6 is 0 Å². The maximum atomic E-state index is 2.31. The van der Waals surface area contributed by atoms with Crippen molar-refractivity contribution in [1.29, 1.82) is 0 Å². The second-order valence-corrected chi connectivity index (χ2v) is 6.58. The minimum Gasteiger partial charge on any atom is -0.0622 e. The van der Waals surface area contributed by atoms with Crippen LogP contribution in [0.3, 0.4) is 0 Å². The Balaban J connectivity index is 1.77. The fraction of sp³-hybridized carbons (Fsp3) is 0.0833. The first kappa shape index (κ1) is 13.6. The van der Waals surface area contributed by atoms with Crippen molar-refractivity contribution in [3.8, 4) is 11.1 Å². The van der Waals surface area contributed by atoms with Gasteiger partial charge in [-0.2, -0.15) is 0 Å². The highest BCUT2D eigenvalue weighted by Crippen LogP contribution is 2.48. The second-order valence-electron chi connectivity index (χ2n) is 6.58. The summed E-state index contributed by atoms with van der Waals surface area (Å²) in [5.74, 6) is 0.435. The Bertz CT molecular complexity index is 1030. The third kappa shape index (κ3) is 2.00. The van der Waals surface area contributed by atoms with Crippen LogP contribution in [0.4, 0.5) is 0 Å². The van der Waals surface area contributed by atoms with Gasteiger partial charge >= 0.3 is 0 Å². The van der Waals surface area contributed by atoms with Crippen LogP contribution in [-0.2, 0) is 6.42 Å². The van der Waals surface area contributed by atoms with Gasteiger partial charge in [0.05, 0.1) is 0 Å². The first-order valence-corrected chi connectivity index (χ1v) is 8.57. The zero-order valence-corrected chi connectivity index (χ0v) is 13.4. The SMILES string of the molecule is c1ccc(CC2c3ccccc3-c3ccc4ccccc4c32)cc1. The van der Waals surface area contributed by atoms with E-state index in [0.29, 0.717) is 5.92 Å². The molecule has 0 saturated heterocycles. The van der Waals surface area contributed by atoms with Crippen LogP contribution in [0.1, 0.15) is 22.6 Å². The van der Waals surface area contributed by atoms with Crippen LogP contribution in [0, 0.1) is 0 Å². The molecule has 5 rings (SSSR count). The van der Waals surface area contributed by atoms with Crippen LogP contribution in [0.25, 0.3) is 21.9 Å². The Morgan fingerprint density at radius 1 is 0.583 bits per heavy atom. The Morgan fingerprint density at radius 2 is 1.33 bits per heavy atom. The van der Waals surface area contributed by atoms with E-state index < -0.39 is 0 Å². The summed E-state index contributed by atoms with van der Waals surface area (Å²) in [6.07, 6.45) is 1.05. The molecule has 0 heteroatoms. The third-order valence-electron chi connectivity index (χ3n) is 5.23. The van der Waals surface area contributed by atoms with Crippen molar-refractivity contribution >= 4 is 10.8 Å². The van der Waals surface area contributed by atoms with Crippen molar-refractivity contribution in [2.45, 2.75) is 12.3 Å². The first-order valence-electron chi connectivity index (χ1n) is 8.57. The summed E-state index contributed by atoms with van der Waals surface area (Å²) in [4.78, 5) is 0. The summed E-state index contributed by atoms with van der Waals surface area (Å²) in [6.45, 7) is 0. The highest BCUT2D eigenvalue weighted by molar-refractivity contribution is 5.96. The van der Waals surface area contributed by atoms with Crippen LogP contribution in [-0.4, -0.2) is 0 Å². The average molecular weight is 306 g/mol. The van der Waals surface area contributed by atoms with E-state index >= 15 is 0 Å². The predicted octanol–water partition coefficient (Wildman–Crippen LogP) is 6.19. The summed E-state index contributed by atoms with van der Waals surface area (Å²) in [6, 6.07) is 33.1. The standard InChI is InChI=1S/C24H18/c1-2-8-17(9-3-1)16-23-21-13-7-6-12-20(21)22-15-14-18-10-4-5-11-19(18)24(22)23/h1-15,23H,16H2. The van der Waals surface area contributed by atoms with Crippen LogP contribution in [0.15, 0.2) is 91.0 Å². The van der Waals surface area contributed by atoms with E-state index in [4.69, 9.17) is 0 Å². The fourth-order valence-electron chi connectivity index (χ4n) is 4.17. The lowest BCUT2D eigenvalue weighted by Gasteiger charge is -2.16. The van der Waals surface area contributed by atoms with Gasteiger partial charge in [0.15, 0.2) is 0 Å². The van der Waals surface area contributed by atoms with Gasteiger partial charge in [0.2, 0.25) is 0 Å². The molecule has 0 heterocycles. The highest BCUT2D eigenvalue weighted by Gasteiger charge is 2.29. The van der Waals surface area contributed by atoms with Gasteiger partial charge in [-0.15, -0.1) is 0 Å². The van der Waals surface area contributed by atoms with E-state index in [1.807, 2.05) is 0 Å². The van der Waals surface area contributed by atoms with E-state index in [2.05, 4.69) is 91.0 Å². The minimum absolute atomic E-state index is 0.435. The molecule has 4 aromatic carbocycles. The van der Waals surface area contributed by atoms with Gasteiger partial charge in [0.25, 0.3) is 0 Å². The quantitative estimate of drug-likeness (QED) is 0.414. The molecule has 0 fully saturated rings. The molecule has 114 valence electrons. The summed E-state index contributed by atoms with van der Waals surface area (Å²) < 4.78 is 0. The van der Waals surface area contributed by atoms with Crippen LogP contribution < -0.4 is 0 Å². The molecule has 0 radical (unpaired) electrons. The zero-order valence-electron chi connectivity index (χ0n) is 13.4. The maximum absolute atomic E-state index is 2.31. The van der Waals surface area contributed by atoms with Gasteiger partial charge in [-0.05, 0) is 45.0 Å². The lowest BCUT2D eigenvalue weighted by Crippen LogP contribution is -2.02. The topological polar surface area (TPSA) is 0 Å². The Kier molecular flexibility index (Phi) is 3.02. The van der Waals surface area contributed by atoms with Crippen molar-refractivity contribution in [2.24, 2.45) is 0 Å². The van der Waals surface area contributed by atoms with Gasteiger partial charge in [0.1, 0.15) is 0 Å². The molecule has 0 aromatic heterocycles. The summed E-state index contributed by atoms with van der Waals surface area (Å²) >= 11 is 0. The number of rotatable bonds is 2. The molecule has 0 aliphatic heterocycles. The van der Waals surface area contributed by atoms with Crippen molar-refractivity contribution in [3.05, 3.63) is 108 Å². The molecule has 1 aliphatic rings. The van der Waals surface area contributed by atoms with Crippen molar-refractivity contribution in [2.75, 3.05) is 0 Å². The second kappa shape index (κ2) is 5.35. The number of hydrogen-bond acceptors (Lipinski definition) is 0. The first-order chi connectivity index (χ1) is 11.9. The van der Waals surface area contributed by atoms with Crippen molar-refractivity contribution in [3.63, 3.8) is 0 Å². The van der Waals surface area contributed by atoms with Gasteiger partial charge < -0.3 is 0 Å². The summed E-state index contributed by atoms with van der Waals surface area (Å²) in [7, 11) is 0.